The summed E-state index contributed by atoms with van der Waals surface area (Å²) < 4.78 is 6.37. The van der Waals surface area contributed by atoms with E-state index in [0.29, 0.717) is 32.4 Å². The Labute approximate surface area is 209 Å². The molecule has 0 aromatic carbocycles. The van der Waals surface area contributed by atoms with Gasteiger partial charge in [0.2, 0.25) is 11.8 Å². The summed E-state index contributed by atoms with van der Waals surface area (Å²) >= 11 is 3.59. The summed E-state index contributed by atoms with van der Waals surface area (Å²) in [7, 11) is 0. The molecule has 4 aliphatic rings. The van der Waals surface area contributed by atoms with Crippen LogP contribution in [0, 0.1) is 11.8 Å². The molecule has 8 nitrogen and oxygen atoms in total. The van der Waals surface area contributed by atoms with E-state index in [4.69, 9.17) is 9.84 Å². The molecule has 6 atom stereocenters. The van der Waals surface area contributed by atoms with Crippen LogP contribution in [0.5, 0.6) is 0 Å². The molecule has 2 bridgehead atoms. The number of hydrogen-bond donors (Lipinski definition) is 2. The van der Waals surface area contributed by atoms with Crippen LogP contribution < -0.4 is 0 Å². The van der Waals surface area contributed by atoms with Crippen molar-refractivity contribution in [2.75, 3.05) is 19.7 Å². The van der Waals surface area contributed by atoms with Crippen LogP contribution in [0.4, 0.5) is 0 Å². The molecule has 4 rings (SSSR count). The third-order valence-electron chi connectivity index (χ3n) is 8.24. The number of amides is 2. The van der Waals surface area contributed by atoms with Gasteiger partial charge in [-0.15, -0.1) is 6.58 Å². The Hall–Kier alpha value is -1.45. The van der Waals surface area contributed by atoms with Crippen LogP contribution in [0.3, 0.4) is 0 Å². The SMILES string of the molecule is C=CCN(C(=O)C1N(CCCCCCO)C(=O)[C@@H]2[C@H](C(=O)O)[C@H]3OC12CC3Br)C1CCCCC1. The van der Waals surface area contributed by atoms with E-state index in [9.17, 15) is 19.5 Å². The molecule has 190 valence electrons. The topological polar surface area (TPSA) is 107 Å². The Morgan fingerprint density at radius 3 is 2.56 bits per heavy atom. The van der Waals surface area contributed by atoms with E-state index >= 15 is 0 Å². The minimum absolute atomic E-state index is 0.102. The average molecular weight is 541 g/mol. The van der Waals surface area contributed by atoms with Crippen LogP contribution in [-0.2, 0) is 19.1 Å². The fraction of sp³-hybridized carbons (Fsp3) is 0.800. The number of unbranched alkanes of at least 4 members (excludes halogenated alkanes) is 3. The Bertz CT molecular complexity index is 802. The van der Waals surface area contributed by atoms with Crippen LogP contribution in [0.15, 0.2) is 12.7 Å². The number of aliphatic carboxylic acids is 1. The molecule has 3 heterocycles. The zero-order valence-corrected chi connectivity index (χ0v) is 21.3. The molecule has 3 unspecified atom stereocenters. The first-order valence-corrected chi connectivity index (χ1v) is 13.7. The Morgan fingerprint density at radius 1 is 1.21 bits per heavy atom. The smallest absolute Gasteiger partial charge is 0.310 e. The number of carboxylic acid groups (broad SMARTS) is 1. The van der Waals surface area contributed by atoms with Gasteiger partial charge in [-0.2, -0.15) is 0 Å². The maximum Gasteiger partial charge on any atom is 0.310 e. The number of alkyl halides is 1. The molecule has 9 heteroatoms. The molecule has 34 heavy (non-hydrogen) atoms. The molecular formula is C25H37BrN2O6. The number of rotatable bonds is 11. The van der Waals surface area contributed by atoms with Gasteiger partial charge in [-0.25, -0.2) is 0 Å². The molecule has 1 saturated carbocycles. The summed E-state index contributed by atoms with van der Waals surface area (Å²) in [6, 6.07) is -0.719. The lowest BCUT2D eigenvalue weighted by Gasteiger charge is -2.41. The van der Waals surface area contributed by atoms with Crippen molar-refractivity contribution in [3.05, 3.63) is 12.7 Å². The highest BCUT2D eigenvalue weighted by Crippen LogP contribution is 2.60. The van der Waals surface area contributed by atoms with Crippen molar-refractivity contribution in [2.45, 2.75) is 92.8 Å². The first-order valence-electron chi connectivity index (χ1n) is 12.7. The third kappa shape index (κ3) is 4.32. The van der Waals surface area contributed by atoms with Crippen molar-refractivity contribution in [3.63, 3.8) is 0 Å². The third-order valence-corrected chi connectivity index (χ3v) is 9.08. The summed E-state index contributed by atoms with van der Waals surface area (Å²) in [6.45, 7) is 4.79. The number of aliphatic hydroxyl groups is 1. The highest BCUT2D eigenvalue weighted by atomic mass is 79.9. The van der Waals surface area contributed by atoms with E-state index in [-0.39, 0.29) is 29.3 Å². The Morgan fingerprint density at radius 2 is 1.91 bits per heavy atom. The van der Waals surface area contributed by atoms with Gasteiger partial charge in [0.25, 0.3) is 0 Å². The fourth-order valence-corrected chi connectivity index (χ4v) is 7.73. The summed E-state index contributed by atoms with van der Waals surface area (Å²) in [4.78, 5) is 43.5. The molecule has 2 N–H and O–H groups in total. The summed E-state index contributed by atoms with van der Waals surface area (Å²) in [5, 5.41) is 19.0. The minimum Gasteiger partial charge on any atom is -0.481 e. The molecule has 0 aromatic heterocycles. The lowest BCUT2D eigenvalue weighted by Crippen LogP contribution is -2.58. The maximum absolute atomic E-state index is 14.2. The Kier molecular flexibility index (Phi) is 8.04. The summed E-state index contributed by atoms with van der Waals surface area (Å²) in [5.74, 6) is -3.24. The molecule has 0 radical (unpaired) electrons. The highest BCUT2D eigenvalue weighted by Gasteiger charge is 2.76. The second-order valence-corrected chi connectivity index (χ2v) is 11.4. The minimum atomic E-state index is -1.12. The lowest BCUT2D eigenvalue weighted by atomic mass is 9.70. The van der Waals surface area contributed by atoms with E-state index < -0.39 is 35.6 Å². The Balaban J connectivity index is 1.66. The molecular weight excluding hydrogens is 504 g/mol. The highest BCUT2D eigenvalue weighted by molar-refractivity contribution is 9.09. The second-order valence-electron chi connectivity index (χ2n) is 10.2. The van der Waals surface area contributed by atoms with Crippen LogP contribution >= 0.6 is 15.9 Å². The van der Waals surface area contributed by atoms with Gasteiger partial charge < -0.3 is 24.7 Å². The average Bonchev–Trinajstić information content (AvgIpc) is 3.41. The van der Waals surface area contributed by atoms with Gasteiger partial charge in [-0.3, -0.25) is 14.4 Å². The predicted octanol–water partition coefficient (Wildman–Crippen LogP) is 2.72. The second kappa shape index (κ2) is 10.7. The molecule has 2 amide bonds. The maximum atomic E-state index is 14.2. The molecule has 3 saturated heterocycles. The first kappa shape index (κ1) is 25.6. The molecule has 3 aliphatic heterocycles. The zero-order chi connectivity index (χ0) is 24.5. The van der Waals surface area contributed by atoms with E-state index in [2.05, 4.69) is 22.5 Å². The van der Waals surface area contributed by atoms with E-state index in [1.807, 2.05) is 4.90 Å². The van der Waals surface area contributed by atoms with E-state index in [1.54, 1.807) is 11.0 Å². The number of hydrogen-bond acceptors (Lipinski definition) is 5. The van der Waals surface area contributed by atoms with Gasteiger partial charge in [0.15, 0.2) is 0 Å². The van der Waals surface area contributed by atoms with Gasteiger partial charge in [0.05, 0.1) is 17.9 Å². The zero-order valence-electron chi connectivity index (χ0n) is 19.7. The quantitative estimate of drug-likeness (QED) is 0.237. The predicted molar refractivity (Wildman–Crippen MR) is 129 cm³/mol. The van der Waals surface area contributed by atoms with Gasteiger partial charge >= 0.3 is 5.97 Å². The lowest BCUT2D eigenvalue weighted by molar-refractivity contribution is -0.151. The van der Waals surface area contributed by atoms with Crippen molar-refractivity contribution in [1.82, 2.24) is 9.80 Å². The number of aliphatic hydroxyl groups excluding tert-OH is 1. The molecule has 1 aliphatic carbocycles. The van der Waals surface area contributed by atoms with Crippen molar-refractivity contribution < 1.29 is 29.3 Å². The number of likely N-dealkylation sites (tertiary alicyclic amines) is 1. The van der Waals surface area contributed by atoms with Gasteiger partial charge in [0, 0.05) is 30.6 Å². The van der Waals surface area contributed by atoms with Crippen molar-refractivity contribution in [2.24, 2.45) is 11.8 Å². The number of halogens is 1. The first-order chi connectivity index (χ1) is 16.4. The van der Waals surface area contributed by atoms with Crippen LogP contribution in [-0.4, -0.2) is 86.1 Å². The van der Waals surface area contributed by atoms with Crippen LogP contribution in [0.1, 0.15) is 64.2 Å². The van der Waals surface area contributed by atoms with Crippen molar-refractivity contribution in [1.29, 1.82) is 0 Å². The number of carbonyl (C=O) groups excluding carboxylic acids is 2. The number of carbonyl (C=O) groups is 3. The van der Waals surface area contributed by atoms with Crippen molar-refractivity contribution >= 4 is 33.7 Å². The van der Waals surface area contributed by atoms with E-state index in [0.717, 1.165) is 44.9 Å². The molecule has 1 spiro atoms. The summed E-state index contributed by atoms with van der Waals surface area (Å²) in [6.07, 6.45) is 9.80. The monoisotopic (exact) mass is 540 g/mol. The number of carboxylic acids is 1. The van der Waals surface area contributed by atoms with E-state index in [1.165, 1.54) is 0 Å². The normalized spacial score (nSPS) is 34.9. The number of nitrogens with zero attached hydrogens (tertiary/aromatic N) is 2. The van der Waals surface area contributed by atoms with Crippen molar-refractivity contribution in [3.8, 4) is 0 Å². The van der Waals surface area contributed by atoms with Gasteiger partial charge in [-0.1, -0.05) is 54.1 Å². The number of fused-ring (bicyclic) bond motifs is 1. The standard InChI is InChI=1S/C25H37BrN2O6/c1-2-12-27(16-10-6-5-7-11-16)23(31)21-25-15-17(26)20(34-25)18(24(32)33)19(25)22(30)28(21)13-8-3-4-9-14-29/h2,16-21,29H,1,3-15H2,(H,32,33)/t17?,18-,19-,20-,21?,25?/m0/s1. The fourth-order valence-electron chi connectivity index (χ4n) is 6.79. The molecule has 0 aromatic rings. The number of ether oxygens (including phenoxy) is 1. The van der Waals surface area contributed by atoms with Crippen LogP contribution in [0.25, 0.3) is 0 Å². The summed E-state index contributed by atoms with van der Waals surface area (Å²) in [5.41, 5.74) is -1.12. The van der Waals surface area contributed by atoms with Gasteiger partial charge in [0.1, 0.15) is 11.6 Å². The van der Waals surface area contributed by atoms with Crippen LogP contribution in [0.2, 0.25) is 0 Å². The van der Waals surface area contributed by atoms with Gasteiger partial charge in [-0.05, 0) is 32.1 Å². The largest absolute Gasteiger partial charge is 0.481 e. The molecule has 4 fully saturated rings.